The summed E-state index contributed by atoms with van der Waals surface area (Å²) in [6.45, 7) is 1.57. The molecular formula is C20H18F4N4O3. The smallest absolute Gasteiger partial charge is 0.256 e. The second-order valence-electron chi connectivity index (χ2n) is 7.51. The number of halogens is 4. The number of pyridine rings is 1. The maximum absolute atomic E-state index is 15.0. The van der Waals surface area contributed by atoms with E-state index in [-0.39, 0.29) is 36.6 Å². The summed E-state index contributed by atoms with van der Waals surface area (Å²) in [5.41, 5.74) is 4.12. The van der Waals surface area contributed by atoms with Gasteiger partial charge in [-0.2, -0.15) is 0 Å². The first kappa shape index (κ1) is 21.0. The number of ether oxygens (including phenoxy) is 2. The number of carbonyl (C=O) groups is 1. The van der Waals surface area contributed by atoms with E-state index >= 15 is 0 Å². The number of fused-ring (bicyclic) bond motifs is 1. The van der Waals surface area contributed by atoms with Gasteiger partial charge in [0.15, 0.2) is 23.3 Å². The van der Waals surface area contributed by atoms with Gasteiger partial charge in [0.25, 0.3) is 5.88 Å². The van der Waals surface area contributed by atoms with E-state index in [1.807, 2.05) is 0 Å². The maximum atomic E-state index is 15.0. The van der Waals surface area contributed by atoms with E-state index in [1.165, 1.54) is 7.05 Å². The second kappa shape index (κ2) is 7.49. The van der Waals surface area contributed by atoms with Crippen molar-refractivity contribution in [3.63, 3.8) is 0 Å². The Morgan fingerprint density at radius 1 is 1.19 bits per heavy atom. The van der Waals surface area contributed by atoms with Crippen molar-refractivity contribution in [1.29, 1.82) is 0 Å². The van der Waals surface area contributed by atoms with E-state index in [4.69, 9.17) is 15.2 Å². The molecule has 3 heterocycles. The van der Waals surface area contributed by atoms with Crippen LogP contribution in [0.25, 0.3) is 0 Å². The molecule has 0 saturated carbocycles. The molecular weight excluding hydrogens is 420 g/mol. The third-order valence-corrected chi connectivity index (χ3v) is 5.49. The molecule has 2 aliphatic heterocycles. The lowest BCUT2D eigenvalue weighted by molar-refractivity contribution is -0.144. The van der Waals surface area contributed by atoms with Gasteiger partial charge >= 0.3 is 0 Å². The minimum absolute atomic E-state index is 0.156. The number of rotatable bonds is 3. The number of aromatic nitrogens is 1. The lowest BCUT2D eigenvalue weighted by atomic mass is 9.72. The van der Waals surface area contributed by atoms with Crippen molar-refractivity contribution in [3.8, 4) is 11.6 Å². The highest BCUT2D eigenvalue weighted by atomic mass is 19.1. The van der Waals surface area contributed by atoms with Gasteiger partial charge in [-0.3, -0.25) is 9.69 Å². The zero-order valence-electron chi connectivity index (χ0n) is 16.5. The summed E-state index contributed by atoms with van der Waals surface area (Å²) in [5.74, 6) is -6.94. The van der Waals surface area contributed by atoms with Crippen molar-refractivity contribution in [2.75, 3.05) is 13.7 Å². The molecule has 11 heteroatoms. The lowest BCUT2D eigenvalue weighted by Crippen LogP contribution is -2.59. The highest BCUT2D eigenvalue weighted by molar-refractivity contribution is 6.00. The Labute approximate surface area is 174 Å². The van der Waals surface area contributed by atoms with E-state index in [1.54, 1.807) is 6.92 Å². The Balaban J connectivity index is 1.84. The summed E-state index contributed by atoms with van der Waals surface area (Å²) in [5, 5.41) is 0. The van der Waals surface area contributed by atoms with Crippen molar-refractivity contribution in [3.05, 3.63) is 53.2 Å². The average Bonchev–Trinajstić information content (AvgIpc) is 2.71. The largest absolute Gasteiger partial charge is 0.433 e. The molecule has 1 amide bonds. The van der Waals surface area contributed by atoms with Crippen LogP contribution < -0.4 is 10.5 Å². The van der Waals surface area contributed by atoms with Gasteiger partial charge in [0.1, 0.15) is 17.2 Å². The fraction of sp³-hybridized carbons (Fsp3) is 0.350. The number of hydrogen-bond donors (Lipinski definition) is 1. The Morgan fingerprint density at radius 2 is 1.94 bits per heavy atom. The zero-order chi connectivity index (χ0) is 22.5. The van der Waals surface area contributed by atoms with E-state index in [0.29, 0.717) is 18.3 Å². The number of amides is 1. The number of aliphatic imine (C=N–C) groups is 1. The minimum Gasteiger partial charge on any atom is -0.433 e. The first-order chi connectivity index (χ1) is 14.6. The first-order valence-electron chi connectivity index (χ1n) is 9.35. The highest BCUT2D eigenvalue weighted by Gasteiger charge is 2.54. The minimum atomic E-state index is -1.56. The van der Waals surface area contributed by atoms with Crippen LogP contribution >= 0.6 is 0 Å². The summed E-state index contributed by atoms with van der Waals surface area (Å²) in [4.78, 5) is 21.9. The summed E-state index contributed by atoms with van der Waals surface area (Å²) < 4.78 is 67.2. The molecule has 1 aromatic carbocycles. The Hall–Kier alpha value is -3.21. The molecule has 164 valence electrons. The molecule has 2 N–H and O–H groups in total. The number of carbonyl (C=O) groups excluding carboxylic acids is 1. The SMILES string of the molecule is C[C@H]1C[C@H]2C(=O)N(C)C(N)=N[C@@]2(c2cc(Oc3ncc(F)cc3F)c(F)cc2F)CO1. The summed E-state index contributed by atoms with van der Waals surface area (Å²) in [6, 6.07) is 2.01. The number of benzene rings is 1. The molecule has 0 aliphatic carbocycles. The molecule has 0 radical (unpaired) electrons. The molecule has 1 saturated heterocycles. The number of guanidine groups is 1. The topological polar surface area (TPSA) is 90.0 Å². The molecule has 1 fully saturated rings. The van der Waals surface area contributed by atoms with Gasteiger partial charge < -0.3 is 15.2 Å². The fourth-order valence-corrected chi connectivity index (χ4v) is 3.85. The van der Waals surface area contributed by atoms with Gasteiger partial charge in [0.05, 0.1) is 24.8 Å². The van der Waals surface area contributed by atoms with Gasteiger partial charge in [-0.1, -0.05) is 0 Å². The fourth-order valence-electron chi connectivity index (χ4n) is 3.85. The van der Waals surface area contributed by atoms with Crippen molar-refractivity contribution < 1.29 is 31.8 Å². The van der Waals surface area contributed by atoms with E-state index < -0.39 is 46.4 Å². The molecule has 2 aliphatic rings. The van der Waals surface area contributed by atoms with Crippen LogP contribution in [0, 0.1) is 29.2 Å². The van der Waals surface area contributed by atoms with Gasteiger partial charge in [0.2, 0.25) is 5.91 Å². The summed E-state index contributed by atoms with van der Waals surface area (Å²) in [7, 11) is 1.45. The maximum Gasteiger partial charge on any atom is 0.256 e. The summed E-state index contributed by atoms with van der Waals surface area (Å²) in [6.07, 6.45) is 0.606. The van der Waals surface area contributed by atoms with Crippen LogP contribution in [0.2, 0.25) is 0 Å². The van der Waals surface area contributed by atoms with Gasteiger partial charge in [-0.25, -0.2) is 27.5 Å². The number of hydrogen-bond acceptors (Lipinski definition) is 6. The summed E-state index contributed by atoms with van der Waals surface area (Å²) >= 11 is 0. The van der Waals surface area contributed by atoms with Gasteiger partial charge in [-0.05, 0) is 19.4 Å². The monoisotopic (exact) mass is 438 g/mol. The normalized spacial score (nSPS) is 25.8. The van der Waals surface area contributed by atoms with Crippen molar-refractivity contribution >= 4 is 11.9 Å². The molecule has 31 heavy (non-hydrogen) atoms. The molecule has 2 aromatic rings. The molecule has 3 atom stereocenters. The molecule has 0 unspecified atom stereocenters. The average molecular weight is 438 g/mol. The molecule has 1 aromatic heterocycles. The third-order valence-electron chi connectivity index (χ3n) is 5.49. The van der Waals surface area contributed by atoms with Crippen molar-refractivity contribution in [1.82, 2.24) is 9.88 Å². The Morgan fingerprint density at radius 3 is 2.65 bits per heavy atom. The highest BCUT2D eigenvalue weighted by Crippen LogP contribution is 2.46. The number of nitrogens with two attached hydrogens (primary N) is 1. The zero-order valence-corrected chi connectivity index (χ0v) is 16.5. The number of nitrogens with zero attached hydrogens (tertiary/aromatic N) is 3. The quantitative estimate of drug-likeness (QED) is 0.745. The van der Waals surface area contributed by atoms with Crippen LogP contribution in [0.5, 0.6) is 11.6 Å². The Kier molecular flexibility index (Phi) is 5.08. The second-order valence-corrected chi connectivity index (χ2v) is 7.51. The predicted octanol–water partition coefficient (Wildman–Crippen LogP) is 2.84. The van der Waals surface area contributed by atoms with Crippen molar-refractivity contribution in [2.45, 2.75) is 25.0 Å². The van der Waals surface area contributed by atoms with E-state index in [9.17, 15) is 22.4 Å². The van der Waals surface area contributed by atoms with Crippen LogP contribution in [0.3, 0.4) is 0 Å². The third kappa shape index (κ3) is 3.48. The first-order valence-corrected chi connectivity index (χ1v) is 9.35. The molecule has 4 rings (SSSR count). The Bertz CT molecular complexity index is 1100. The van der Waals surface area contributed by atoms with Crippen LogP contribution in [0.15, 0.2) is 29.4 Å². The van der Waals surface area contributed by atoms with E-state index in [0.717, 1.165) is 11.0 Å². The molecule has 7 nitrogen and oxygen atoms in total. The van der Waals surface area contributed by atoms with Gasteiger partial charge in [-0.15, -0.1) is 0 Å². The van der Waals surface area contributed by atoms with E-state index in [2.05, 4.69) is 9.98 Å². The molecule has 0 bridgehead atoms. The standard InChI is InChI=1S/C20H18F4N4O3/c1-9-3-12-18(29)28(2)19(25)27-20(12,8-30-9)11-5-16(14(23)6-13(11)22)31-17-15(24)4-10(21)7-26-17/h4-7,9,12H,3,8H2,1-2H3,(H2,25,27)/t9-,12-,20+/m0/s1. The van der Waals surface area contributed by atoms with Crippen LogP contribution in [0.1, 0.15) is 18.9 Å². The van der Waals surface area contributed by atoms with Crippen LogP contribution in [-0.2, 0) is 15.1 Å². The predicted molar refractivity (Wildman–Crippen MR) is 100 cm³/mol. The van der Waals surface area contributed by atoms with Crippen LogP contribution in [0.4, 0.5) is 17.6 Å². The van der Waals surface area contributed by atoms with Crippen LogP contribution in [-0.4, -0.2) is 41.5 Å². The van der Waals surface area contributed by atoms with Gasteiger partial charge in [0, 0.05) is 24.7 Å². The lowest BCUT2D eigenvalue weighted by Gasteiger charge is -2.46. The molecule has 0 spiro atoms. The van der Waals surface area contributed by atoms with Crippen molar-refractivity contribution in [2.24, 2.45) is 16.6 Å².